The molecule has 110 valence electrons. The normalized spacial score (nSPS) is 10.6. The van der Waals surface area contributed by atoms with Crippen LogP contribution in [0.15, 0.2) is 0 Å². The van der Waals surface area contributed by atoms with E-state index in [2.05, 4.69) is 4.98 Å². The van der Waals surface area contributed by atoms with Gasteiger partial charge in [-0.25, -0.2) is 4.98 Å². The van der Waals surface area contributed by atoms with Gasteiger partial charge in [-0.05, 0) is 26.3 Å². The first-order valence-electron chi connectivity index (χ1n) is 6.63. The van der Waals surface area contributed by atoms with Gasteiger partial charge in [0, 0.05) is 18.5 Å². The Labute approximate surface area is 127 Å². The van der Waals surface area contributed by atoms with Crippen LogP contribution >= 0.6 is 11.3 Å². The molecule has 0 aromatic carbocycles. The van der Waals surface area contributed by atoms with E-state index in [-0.39, 0.29) is 11.7 Å². The van der Waals surface area contributed by atoms with Crippen LogP contribution in [-0.4, -0.2) is 28.9 Å². The second-order valence-corrected chi connectivity index (χ2v) is 5.61. The van der Waals surface area contributed by atoms with E-state index in [1.54, 1.807) is 11.8 Å². The molecule has 0 spiro atoms. The molecule has 0 aliphatic rings. The number of nitriles is 1. The minimum atomic E-state index is -0.114. The molecule has 0 aliphatic carbocycles. The van der Waals surface area contributed by atoms with E-state index in [0.29, 0.717) is 45.0 Å². The van der Waals surface area contributed by atoms with Gasteiger partial charge in [-0.15, -0.1) is 11.3 Å². The number of rotatable bonds is 3. The topological polar surface area (TPSA) is 109 Å². The fraction of sp³-hybridized carbons (Fsp3) is 0.357. The average Bonchev–Trinajstić information content (AvgIpc) is 2.77. The third-order valence-corrected chi connectivity index (χ3v) is 4.60. The third kappa shape index (κ3) is 2.28. The highest BCUT2D eigenvalue weighted by Crippen LogP contribution is 2.37. The van der Waals surface area contributed by atoms with Crippen LogP contribution in [0.4, 0.5) is 11.5 Å². The molecule has 0 fully saturated rings. The predicted molar refractivity (Wildman–Crippen MR) is 85.1 cm³/mol. The first-order chi connectivity index (χ1) is 9.96. The van der Waals surface area contributed by atoms with Gasteiger partial charge in [-0.2, -0.15) is 5.26 Å². The Morgan fingerprint density at radius 1 is 1.38 bits per heavy atom. The molecule has 0 aliphatic heterocycles. The van der Waals surface area contributed by atoms with Gasteiger partial charge in [0.1, 0.15) is 21.6 Å². The lowest BCUT2D eigenvalue weighted by atomic mass is 10.1. The summed E-state index contributed by atoms with van der Waals surface area (Å²) in [6.45, 7) is 6.83. The number of amides is 1. The van der Waals surface area contributed by atoms with E-state index < -0.39 is 0 Å². The molecular weight excluding hydrogens is 286 g/mol. The van der Waals surface area contributed by atoms with E-state index in [1.807, 2.05) is 19.9 Å². The van der Waals surface area contributed by atoms with E-state index in [0.717, 1.165) is 0 Å². The minimum absolute atomic E-state index is 0.114. The molecule has 7 heteroatoms. The zero-order chi connectivity index (χ0) is 15.7. The van der Waals surface area contributed by atoms with Crippen LogP contribution in [0.5, 0.6) is 0 Å². The van der Waals surface area contributed by atoms with Crippen molar-refractivity contribution in [2.45, 2.75) is 20.8 Å². The van der Waals surface area contributed by atoms with Crippen molar-refractivity contribution in [3.05, 3.63) is 16.0 Å². The summed E-state index contributed by atoms with van der Waals surface area (Å²) in [7, 11) is 0. The zero-order valence-electron chi connectivity index (χ0n) is 12.2. The Bertz CT molecular complexity index is 755. The first kappa shape index (κ1) is 15.1. The molecule has 2 heterocycles. The van der Waals surface area contributed by atoms with Crippen molar-refractivity contribution in [3.8, 4) is 6.07 Å². The van der Waals surface area contributed by atoms with Gasteiger partial charge >= 0.3 is 0 Å². The second kappa shape index (κ2) is 5.58. The van der Waals surface area contributed by atoms with Crippen LogP contribution in [0.25, 0.3) is 10.2 Å². The van der Waals surface area contributed by atoms with Crippen LogP contribution in [-0.2, 0) is 0 Å². The Morgan fingerprint density at radius 3 is 2.52 bits per heavy atom. The first-order valence-corrected chi connectivity index (χ1v) is 7.45. The maximum Gasteiger partial charge on any atom is 0.266 e. The number of carbonyl (C=O) groups excluding carboxylic acids is 1. The van der Waals surface area contributed by atoms with Crippen LogP contribution < -0.4 is 11.5 Å². The number of fused-ring (bicyclic) bond motifs is 1. The molecule has 0 saturated heterocycles. The SMILES string of the molecule is CCN(CC)C(=O)c1sc2nc(N)c(C#N)c(C)c2c1N. The second-order valence-electron chi connectivity index (χ2n) is 4.61. The summed E-state index contributed by atoms with van der Waals surface area (Å²) >= 11 is 1.22. The molecule has 0 atom stereocenters. The van der Waals surface area contributed by atoms with Crippen molar-refractivity contribution >= 4 is 39.0 Å². The standard InChI is InChI=1S/C14H17N5OS/c1-4-19(5-2)14(20)11-10(16)9-7(3)8(6-15)12(17)18-13(9)21-11/h4-5,16H2,1-3H3,(H2,17,18). The summed E-state index contributed by atoms with van der Waals surface area (Å²) in [6, 6.07) is 2.03. The highest BCUT2D eigenvalue weighted by molar-refractivity contribution is 7.21. The van der Waals surface area contributed by atoms with Gasteiger partial charge in [-0.1, -0.05) is 0 Å². The van der Waals surface area contributed by atoms with Crippen molar-refractivity contribution in [1.82, 2.24) is 9.88 Å². The molecule has 4 N–H and O–H groups in total. The van der Waals surface area contributed by atoms with Crippen LogP contribution in [0, 0.1) is 18.3 Å². The van der Waals surface area contributed by atoms with Crippen molar-refractivity contribution in [3.63, 3.8) is 0 Å². The lowest BCUT2D eigenvalue weighted by molar-refractivity contribution is 0.0779. The Morgan fingerprint density at radius 2 is 2.00 bits per heavy atom. The average molecular weight is 303 g/mol. The number of anilines is 2. The fourth-order valence-electron chi connectivity index (χ4n) is 2.31. The number of nitrogen functional groups attached to an aromatic ring is 2. The maximum absolute atomic E-state index is 12.5. The highest BCUT2D eigenvalue weighted by Gasteiger charge is 2.23. The van der Waals surface area contributed by atoms with Crippen LogP contribution in [0.2, 0.25) is 0 Å². The predicted octanol–water partition coefficient (Wildman–Crippen LogP) is 2.12. The Kier molecular flexibility index (Phi) is 4.00. The third-order valence-electron chi connectivity index (χ3n) is 3.51. The van der Waals surface area contributed by atoms with Gasteiger partial charge in [-0.3, -0.25) is 4.79 Å². The minimum Gasteiger partial charge on any atom is -0.397 e. The molecule has 2 rings (SSSR count). The lowest BCUT2D eigenvalue weighted by Crippen LogP contribution is -2.30. The van der Waals surface area contributed by atoms with E-state index >= 15 is 0 Å². The largest absolute Gasteiger partial charge is 0.397 e. The van der Waals surface area contributed by atoms with Crippen LogP contribution in [0.3, 0.4) is 0 Å². The smallest absolute Gasteiger partial charge is 0.266 e. The molecule has 0 radical (unpaired) electrons. The summed E-state index contributed by atoms with van der Waals surface area (Å²) in [5.41, 5.74) is 13.3. The van der Waals surface area contributed by atoms with Crippen molar-refractivity contribution in [2.75, 3.05) is 24.6 Å². The highest BCUT2D eigenvalue weighted by atomic mass is 32.1. The van der Waals surface area contributed by atoms with Crippen molar-refractivity contribution < 1.29 is 4.79 Å². The molecule has 2 aromatic heterocycles. The number of carbonyl (C=O) groups is 1. The maximum atomic E-state index is 12.5. The number of aryl methyl sites for hydroxylation is 1. The number of pyridine rings is 1. The number of hydrogen-bond donors (Lipinski definition) is 2. The number of nitrogens with zero attached hydrogens (tertiary/aromatic N) is 3. The van der Waals surface area contributed by atoms with Crippen LogP contribution in [0.1, 0.15) is 34.6 Å². The zero-order valence-corrected chi connectivity index (χ0v) is 13.0. The van der Waals surface area contributed by atoms with E-state index in [4.69, 9.17) is 16.7 Å². The molecule has 21 heavy (non-hydrogen) atoms. The molecule has 0 unspecified atom stereocenters. The van der Waals surface area contributed by atoms with Gasteiger partial charge in [0.05, 0.1) is 11.3 Å². The monoisotopic (exact) mass is 303 g/mol. The van der Waals surface area contributed by atoms with Crippen molar-refractivity contribution in [2.24, 2.45) is 0 Å². The van der Waals surface area contributed by atoms with Gasteiger partial charge in [0.25, 0.3) is 5.91 Å². The molecule has 6 nitrogen and oxygen atoms in total. The summed E-state index contributed by atoms with van der Waals surface area (Å²) in [5, 5.41) is 9.80. The molecule has 0 bridgehead atoms. The van der Waals surface area contributed by atoms with E-state index in [1.165, 1.54) is 11.3 Å². The molecule has 1 amide bonds. The van der Waals surface area contributed by atoms with E-state index in [9.17, 15) is 4.79 Å². The number of thiophene rings is 1. The summed E-state index contributed by atoms with van der Waals surface area (Å²) in [6.07, 6.45) is 0. The molecule has 2 aromatic rings. The fourth-order valence-corrected chi connectivity index (χ4v) is 3.44. The quantitative estimate of drug-likeness (QED) is 0.902. The molecule has 0 saturated carbocycles. The summed E-state index contributed by atoms with van der Waals surface area (Å²) in [4.78, 5) is 19.4. The lowest BCUT2D eigenvalue weighted by Gasteiger charge is -2.17. The van der Waals surface area contributed by atoms with Gasteiger partial charge in [0.2, 0.25) is 0 Å². The van der Waals surface area contributed by atoms with Gasteiger partial charge in [0.15, 0.2) is 0 Å². The molecular formula is C14H17N5OS. The number of hydrogen-bond acceptors (Lipinski definition) is 6. The summed E-state index contributed by atoms with van der Waals surface area (Å²) < 4.78 is 0. The van der Waals surface area contributed by atoms with Crippen molar-refractivity contribution in [1.29, 1.82) is 5.26 Å². The number of aromatic nitrogens is 1. The Hall–Kier alpha value is -2.33. The van der Waals surface area contributed by atoms with Gasteiger partial charge < -0.3 is 16.4 Å². The summed E-state index contributed by atoms with van der Waals surface area (Å²) in [5.74, 6) is 0.0579. The Balaban J connectivity index is 2.70. The number of nitrogens with two attached hydrogens (primary N) is 2.